The number of halogens is 1. The SMILES string of the molecule is CCOC(=O)C1CCN(C(=O)c2ccc(N(C)S(C)(=O)=O)cc2Cl)CC1. The smallest absolute Gasteiger partial charge is 0.309 e. The molecule has 1 fully saturated rings. The van der Waals surface area contributed by atoms with Gasteiger partial charge < -0.3 is 9.64 Å². The second-order valence-electron chi connectivity index (χ2n) is 6.21. The van der Waals surface area contributed by atoms with Gasteiger partial charge in [0.15, 0.2) is 0 Å². The van der Waals surface area contributed by atoms with Crippen molar-refractivity contribution in [3.63, 3.8) is 0 Å². The molecule has 1 aromatic rings. The first-order valence-electron chi connectivity index (χ1n) is 8.34. The molecule has 0 aliphatic carbocycles. The molecule has 7 nitrogen and oxygen atoms in total. The number of amides is 1. The minimum absolute atomic E-state index is 0.180. The van der Waals surface area contributed by atoms with Gasteiger partial charge in [-0.05, 0) is 38.0 Å². The maximum atomic E-state index is 12.7. The summed E-state index contributed by atoms with van der Waals surface area (Å²) in [4.78, 5) is 26.1. The number of carbonyl (C=O) groups excluding carboxylic acids is 2. The van der Waals surface area contributed by atoms with Gasteiger partial charge in [0.1, 0.15) is 0 Å². The maximum absolute atomic E-state index is 12.7. The number of benzene rings is 1. The van der Waals surface area contributed by atoms with E-state index >= 15 is 0 Å². The Hall–Kier alpha value is -1.80. The second-order valence-corrected chi connectivity index (χ2v) is 8.63. The molecule has 0 N–H and O–H groups in total. The zero-order valence-electron chi connectivity index (χ0n) is 15.1. The third-order valence-electron chi connectivity index (χ3n) is 4.45. The molecule has 9 heteroatoms. The van der Waals surface area contributed by atoms with Crippen LogP contribution in [-0.4, -0.2) is 58.2 Å². The molecule has 144 valence electrons. The quantitative estimate of drug-likeness (QED) is 0.704. The van der Waals surface area contributed by atoms with Crippen molar-refractivity contribution in [3.05, 3.63) is 28.8 Å². The van der Waals surface area contributed by atoms with Gasteiger partial charge in [0.25, 0.3) is 5.91 Å². The van der Waals surface area contributed by atoms with Crippen molar-refractivity contribution < 1.29 is 22.7 Å². The van der Waals surface area contributed by atoms with Crippen LogP contribution in [0, 0.1) is 5.92 Å². The zero-order valence-corrected chi connectivity index (χ0v) is 16.6. The van der Waals surface area contributed by atoms with Gasteiger partial charge in [0.05, 0.1) is 35.1 Å². The third-order valence-corrected chi connectivity index (χ3v) is 5.96. The average molecular weight is 403 g/mol. The molecule has 0 aromatic heterocycles. The minimum atomic E-state index is -3.41. The van der Waals surface area contributed by atoms with Crippen LogP contribution in [-0.2, 0) is 19.6 Å². The van der Waals surface area contributed by atoms with Gasteiger partial charge in [-0.3, -0.25) is 13.9 Å². The fourth-order valence-electron chi connectivity index (χ4n) is 2.81. The van der Waals surface area contributed by atoms with Crippen LogP contribution in [0.15, 0.2) is 18.2 Å². The van der Waals surface area contributed by atoms with Gasteiger partial charge >= 0.3 is 5.97 Å². The lowest BCUT2D eigenvalue weighted by Gasteiger charge is -2.31. The summed E-state index contributed by atoms with van der Waals surface area (Å²) in [6.07, 6.45) is 2.20. The van der Waals surface area contributed by atoms with Crippen molar-refractivity contribution >= 4 is 39.2 Å². The number of hydrogen-bond donors (Lipinski definition) is 0. The van der Waals surface area contributed by atoms with E-state index in [0.717, 1.165) is 10.6 Å². The molecule has 1 heterocycles. The third kappa shape index (κ3) is 4.67. The summed E-state index contributed by atoms with van der Waals surface area (Å²) in [5.41, 5.74) is 0.696. The summed E-state index contributed by atoms with van der Waals surface area (Å²) in [6, 6.07) is 4.53. The second kappa shape index (κ2) is 8.26. The molecular weight excluding hydrogens is 380 g/mol. The molecule has 0 spiro atoms. The monoisotopic (exact) mass is 402 g/mol. The topological polar surface area (TPSA) is 84.0 Å². The number of hydrogen-bond acceptors (Lipinski definition) is 5. The van der Waals surface area contributed by atoms with Crippen molar-refractivity contribution in [2.24, 2.45) is 5.92 Å². The molecule has 0 atom stereocenters. The van der Waals surface area contributed by atoms with E-state index in [2.05, 4.69) is 0 Å². The predicted octanol–water partition coefficient (Wildman–Crippen LogP) is 2.15. The Morgan fingerprint density at radius 1 is 1.31 bits per heavy atom. The molecule has 1 aromatic carbocycles. The number of rotatable bonds is 5. The Morgan fingerprint density at radius 2 is 1.92 bits per heavy atom. The van der Waals surface area contributed by atoms with Crippen molar-refractivity contribution in [1.82, 2.24) is 4.90 Å². The first kappa shape index (κ1) is 20.5. The molecule has 1 aliphatic rings. The summed E-state index contributed by atoms with van der Waals surface area (Å²) in [5.74, 6) is -0.628. The summed E-state index contributed by atoms with van der Waals surface area (Å²) < 4.78 is 29.3. The van der Waals surface area contributed by atoms with E-state index < -0.39 is 10.0 Å². The Labute approximate surface area is 158 Å². The van der Waals surface area contributed by atoms with Crippen LogP contribution in [0.4, 0.5) is 5.69 Å². The summed E-state index contributed by atoms with van der Waals surface area (Å²) in [7, 11) is -1.99. The molecule has 0 radical (unpaired) electrons. The van der Waals surface area contributed by atoms with E-state index in [1.54, 1.807) is 17.9 Å². The highest BCUT2D eigenvalue weighted by atomic mass is 35.5. The lowest BCUT2D eigenvalue weighted by Crippen LogP contribution is -2.40. The van der Waals surface area contributed by atoms with E-state index in [1.807, 2.05) is 0 Å². The molecule has 26 heavy (non-hydrogen) atoms. The number of anilines is 1. The Balaban J connectivity index is 2.08. The molecule has 0 unspecified atom stereocenters. The number of carbonyl (C=O) groups is 2. The normalized spacial score (nSPS) is 15.6. The number of likely N-dealkylation sites (tertiary alicyclic amines) is 1. The Bertz CT molecular complexity index is 788. The van der Waals surface area contributed by atoms with Gasteiger partial charge in [-0.2, -0.15) is 0 Å². The molecule has 1 amide bonds. The molecule has 1 saturated heterocycles. The maximum Gasteiger partial charge on any atom is 0.309 e. The molecular formula is C17H23ClN2O5S. The van der Waals surface area contributed by atoms with E-state index in [-0.39, 0.29) is 22.8 Å². The van der Waals surface area contributed by atoms with E-state index in [1.165, 1.54) is 19.2 Å². The van der Waals surface area contributed by atoms with Crippen molar-refractivity contribution in [3.8, 4) is 0 Å². The number of nitrogens with zero attached hydrogens (tertiary/aromatic N) is 2. The Morgan fingerprint density at radius 3 is 2.42 bits per heavy atom. The van der Waals surface area contributed by atoms with E-state index in [0.29, 0.717) is 43.8 Å². The van der Waals surface area contributed by atoms with Crippen LogP contribution >= 0.6 is 11.6 Å². The van der Waals surface area contributed by atoms with Gasteiger partial charge in [0, 0.05) is 20.1 Å². The number of esters is 1. The zero-order chi connectivity index (χ0) is 19.5. The highest BCUT2D eigenvalue weighted by Crippen LogP contribution is 2.27. The van der Waals surface area contributed by atoms with Crippen LogP contribution in [0.3, 0.4) is 0 Å². The van der Waals surface area contributed by atoms with Crippen molar-refractivity contribution in [2.45, 2.75) is 19.8 Å². The van der Waals surface area contributed by atoms with Crippen LogP contribution in [0.1, 0.15) is 30.1 Å². The standard InChI is InChI=1S/C17H23ClN2O5S/c1-4-25-17(22)12-7-9-20(10-8-12)16(21)14-6-5-13(11-15(14)18)19(2)26(3,23)24/h5-6,11-12H,4,7-10H2,1-3H3. The summed E-state index contributed by atoms with van der Waals surface area (Å²) >= 11 is 6.21. The summed E-state index contributed by atoms with van der Waals surface area (Å²) in [5, 5.41) is 0.190. The fourth-order valence-corrected chi connectivity index (χ4v) is 3.57. The lowest BCUT2D eigenvalue weighted by molar-refractivity contribution is -0.149. The lowest BCUT2D eigenvalue weighted by atomic mass is 9.96. The number of sulfonamides is 1. The molecule has 1 aliphatic heterocycles. The minimum Gasteiger partial charge on any atom is -0.466 e. The largest absolute Gasteiger partial charge is 0.466 e. The molecule has 2 rings (SSSR count). The first-order chi connectivity index (χ1) is 12.1. The highest BCUT2D eigenvalue weighted by molar-refractivity contribution is 7.92. The first-order valence-corrected chi connectivity index (χ1v) is 10.6. The Kier molecular flexibility index (Phi) is 6.52. The fraction of sp³-hybridized carbons (Fsp3) is 0.529. The van der Waals surface area contributed by atoms with E-state index in [9.17, 15) is 18.0 Å². The summed E-state index contributed by atoms with van der Waals surface area (Å²) in [6.45, 7) is 3.01. The molecule has 0 bridgehead atoms. The van der Waals surface area contributed by atoms with Gasteiger partial charge in [-0.1, -0.05) is 11.6 Å². The van der Waals surface area contributed by atoms with Gasteiger partial charge in [-0.15, -0.1) is 0 Å². The van der Waals surface area contributed by atoms with Crippen LogP contribution < -0.4 is 4.31 Å². The van der Waals surface area contributed by atoms with Gasteiger partial charge in [0.2, 0.25) is 10.0 Å². The highest BCUT2D eigenvalue weighted by Gasteiger charge is 2.29. The van der Waals surface area contributed by atoms with Crippen molar-refractivity contribution in [1.29, 1.82) is 0 Å². The molecule has 0 saturated carbocycles. The van der Waals surface area contributed by atoms with Crippen LogP contribution in [0.25, 0.3) is 0 Å². The van der Waals surface area contributed by atoms with Crippen LogP contribution in [0.5, 0.6) is 0 Å². The van der Waals surface area contributed by atoms with Gasteiger partial charge in [-0.25, -0.2) is 8.42 Å². The van der Waals surface area contributed by atoms with Crippen LogP contribution in [0.2, 0.25) is 5.02 Å². The number of piperidine rings is 1. The average Bonchev–Trinajstić information content (AvgIpc) is 2.60. The number of ether oxygens (including phenoxy) is 1. The van der Waals surface area contributed by atoms with E-state index in [4.69, 9.17) is 16.3 Å². The van der Waals surface area contributed by atoms with Crippen molar-refractivity contribution in [2.75, 3.05) is 37.3 Å². The predicted molar refractivity (Wildman–Crippen MR) is 100.0 cm³/mol.